The molecule has 2 aliphatic rings. The van der Waals surface area contributed by atoms with Crippen molar-refractivity contribution in [2.75, 3.05) is 44.7 Å². The molecule has 222 valence electrons. The molecule has 0 atom stereocenters. The summed E-state index contributed by atoms with van der Waals surface area (Å²) in [7, 11) is 1.49. The molecule has 4 aromatic rings. The predicted octanol–water partition coefficient (Wildman–Crippen LogP) is 4.49. The predicted molar refractivity (Wildman–Crippen MR) is 155 cm³/mol. The number of ether oxygens (including phenoxy) is 2. The number of halogens is 2. The van der Waals surface area contributed by atoms with Crippen molar-refractivity contribution in [2.45, 2.75) is 18.8 Å². The van der Waals surface area contributed by atoms with Crippen molar-refractivity contribution in [2.24, 2.45) is 0 Å². The molecule has 0 saturated carbocycles. The lowest BCUT2D eigenvalue weighted by atomic mass is 9.87. The number of anilines is 1. The highest BCUT2D eigenvalue weighted by Gasteiger charge is 2.30. The molecule has 0 amide bonds. The van der Waals surface area contributed by atoms with Crippen LogP contribution < -0.4 is 19.2 Å². The lowest BCUT2D eigenvalue weighted by molar-refractivity contribution is -0.140. The van der Waals surface area contributed by atoms with Crippen LogP contribution in [0, 0.1) is 11.6 Å². The molecule has 3 aromatic carbocycles. The minimum absolute atomic E-state index is 0.0154. The highest BCUT2D eigenvalue weighted by molar-refractivity contribution is 6.02. The van der Waals surface area contributed by atoms with Gasteiger partial charge in [0.2, 0.25) is 0 Å². The van der Waals surface area contributed by atoms with Gasteiger partial charge in [0.05, 0.1) is 12.5 Å². The second-order valence-corrected chi connectivity index (χ2v) is 10.5. The number of benzene rings is 3. The van der Waals surface area contributed by atoms with Crippen LogP contribution in [0.5, 0.6) is 11.5 Å². The zero-order valence-corrected chi connectivity index (χ0v) is 23.5. The van der Waals surface area contributed by atoms with Crippen LogP contribution in [0.4, 0.5) is 14.6 Å². The zero-order valence-electron chi connectivity index (χ0n) is 23.5. The van der Waals surface area contributed by atoms with Crippen molar-refractivity contribution >= 4 is 28.7 Å². The summed E-state index contributed by atoms with van der Waals surface area (Å²) >= 11 is 0. The SMILES string of the molecule is COc1ccc2nn3c(N4CCN(CCCC(c5ccc(F)cc5)c5ccc(F)cc5)CC4)c2c1OC(=O)C=CC(=O)O3. The molecule has 2 aliphatic heterocycles. The molecule has 6 rings (SSSR count). The minimum atomic E-state index is -0.753. The Labute approximate surface area is 246 Å². The Morgan fingerprint density at radius 1 is 0.860 bits per heavy atom. The van der Waals surface area contributed by atoms with Gasteiger partial charge in [-0.3, -0.25) is 4.90 Å². The van der Waals surface area contributed by atoms with Gasteiger partial charge in [-0.2, -0.15) is 0 Å². The molecule has 3 heterocycles. The third-order valence-electron chi connectivity index (χ3n) is 7.84. The molecule has 11 heteroatoms. The maximum atomic E-state index is 13.6. The second kappa shape index (κ2) is 12.2. The molecule has 0 radical (unpaired) electrons. The third kappa shape index (κ3) is 6.07. The number of carbonyl (C=O) groups excluding carboxylic acids is 2. The van der Waals surface area contributed by atoms with Crippen molar-refractivity contribution in [3.05, 3.63) is 95.6 Å². The summed E-state index contributed by atoms with van der Waals surface area (Å²) in [6.45, 7) is 3.52. The van der Waals surface area contributed by atoms with Gasteiger partial charge in [0.15, 0.2) is 17.3 Å². The third-order valence-corrected chi connectivity index (χ3v) is 7.84. The monoisotopic (exact) mass is 588 g/mol. The molecule has 1 aromatic heterocycles. The van der Waals surface area contributed by atoms with Crippen molar-refractivity contribution in [3.8, 4) is 11.5 Å². The maximum Gasteiger partial charge on any atom is 0.358 e. The molecule has 0 spiro atoms. The number of nitrogens with zero attached hydrogens (tertiary/aromatic N) is 4. The van der Waals surface area contributed by atoms with Gasteiger partial charge in [-0.05, 0) is 66.9 Å². The Balaban J connectivity index is 1.17. The number of esters is 1. The average molecular weight is 589 g/mol. The first-order chi connectivity index (χ1) is 20.9. The number of piperazine rings is 1. The van der Waals surface area contributed by atoms with Crippen LogP contribution in [0.3, 0.4) is 0 Å². The van der Waals surface area contributed by atoms with Gasteiger partial charge in [0.1, 0.15) is 17.2 Å². The van der Waals surface area contributed by atoms with Crippen LogP contribution in [0.1, 0.15) is 29.9 Å². The molecular formula is C32H30F2N4O5. The largest absolute Gasteiger partial charge is 0.493 e. The first-order valence-corrected chi connectivity index (χ1v) is 14.1. The van der Waals surface area contributed by atoms with Crippen molar-refractivity contribution in [3.63, 3.8) is 0 Å². The van der Waals surface area contributed by atoms with Crippen molar-refractivity contribution in [1.29, 1.82) is 0 Å². The van der Waals surface area contributed by atoms with E-state index in [-0.39, 0.29) is 23.3 Å². The van der Waals surface area contributed by atoms with E-state index >= 15 is 0 Å². The molecule has 1 fully saturated rings. The summed E-state index contributed by atoms with van der Waals surface area (Å²) in [4.78, 5) is 35.9. The lowest BCUT2D eigenvalue weighted by Gasteiger charge is -2.36. The van der Waals surface area contributed by atoms with Gasteiger partial charge < -0.3 is 19.2 Å². The minimum Gasteiger partial charge on any atom is -0.493 e. The van der Waals surface area contributed by atoms with E-state index in [0.29, 0.717) is 35.6 Å². The summed E-state index contributed by atoms with van der Waals surface area (Å²) in [5.74, 6) is -0.971. The van der Waals surface area contributed by atoms with Gasteiger partial charge in [0.25, 0.3) is 0 Å². The summed E-state index contributed by atoms with van der Waals surface area (Å²) < 4.78 is 38.3. The summed E-state index contributed by atoms with van der Waals surface area (Å²) in [5, 5.41) is 4.98. The van der Waals surface area contributed by atoms with Crippen LogP contribution in [0.15, 0.2) is 72.8 Å². The summed E-state index contributed by atoms with van der Waals surface area (Å²) in [6.07, 6.45) is 3.69. The Morgan fingerprint density at radius 3 is 2.12 bits per heavy atom. The van der Waals surface area contributed by atoms with Gasteiger partial charge in [-0.15, -0.1) is 5.10 Å². The highest BCUT2D eigenvalue weighted by atomic mass is 19.1. The molecule has 0 N–H and O–H groups in total. The highest BCUT2D eigenvalue weighted by Crippen LogP contribution is 2.41. The van der Waals surface area contributed by atoms with Crippen LogP contribution in [0.25, 0.3) is 10.9 Å². The molecule has 1 saturated heterocycles. The standard InChI is InChI=1S/C32H30F2N4O5/c1-41-27-13-12-26-30-31(27)42-28(39)14-15-29(40)43-38(35-26)32(30)37-19-17-36(18-20-37)16-2-3-25(21-4-8-23(33)9-5-21)22-6-10-24(34)11-7-22/h4-15,25H,2-3,16-20H2,1H3. The van der Waals surface area contributed by atoms with E-state index in [2.05, 4.69) is 14.9 Å². The Morgan fingerprint density at radius 2 is 1.49 bits per heavy atom. The number of methoxy groups -OCH3 is 1. The number of carbonyl (C=O) groups is 2. The topological polar surface area (TPSA) is 86.1 Å². The van der Waals surface area contributed by atoms with Gasteiger partial charge in [-0.1, -0.05) is 29.1 Å². The van der Waals surface area contributed by atoms with Crippen molar-refractivity contribution < 1.29 is 32.7 Å². The van der Waals surface area contributed by atoms with Crippen molar-refractivity contribution in [1.82, 2.24) is 14.8 Å². The molecular weight excluding hydrogens is 558 g/mol. The summed E-state index contributed by atoms with van der Waals surface area (Å²) in [5.41, 5.74) is 2.47. The molecule has 9 nitrogen and oxygen atoms in total. The zero-order chi connectivity index (χ0) is 29.9. The Hall–Kier alpha value is -4.77. The molecule has 2 bridgehead atoms. The van der Waals surface area contributed by atoms with E-state index < -0.39 is 11.9 Å². The maximum absolute atomic E-state index is 13.6. The Bertz CT molecular complexity index is 1620. The summed E-state index contributed by atoms with van der Waals surface area (Å²) in [6, 6.07) is 16.4. The van der Waals surface area contributed by atoms with E-state index in [1.54, 1.807) is 36.4 Å². The fourth-order valence-corrected chi connectivity index (χ4v) is 5.70. The number of rotatable bonds is 8. The van der Waals surface area contributed by atoms with Gasteiger partial charge >= 0.3 is 11.9 Å². The normalized spacial score (nSPS) is 15.7. The van der Waals surface area contributed by atoms with Crippen LogP contribution in [-0.4, -0.2) is 66.6 Å². The van der Waals surface area contributed by atoms with Gasteiger partial charge in [0, 0.05) is 44.2 Å². The number of hydrogen-bond acceptors (Lipinski definition) is 8. The number of fused-ring (bicyclic) bond motifs is 1. The van der Waals surface area contributed by atoms with E-state index in [1.807, 2.05) is 0 Å². The molecule has 0 aliphatic carbocycles. The van der Waals surface area contributed by atoms with Gasteiger partial charge in [-0.25, -0.2) is 18.4 Å². The quantitative estimate of drug-likeness (QED) is 0.220. The smallest absolute Gasteiger partial charge is 0.358 e. The van der Waals surface area contributed by atoms with E-state index in [0.717, 1.165) is 55.8 Å². The fraction of sp³-hybridized carbons (Fsp3) is 0.281. The first kappa shape index (κ1) is 28.4. The van der Waals surface area contributed by atoms with Crippen LogP contribution in [0.2, 0.25) is 0 Å². The molecule has 43 heavy (non-hydrogen) atoms. The number of aromatic nitrogens is 2. The lowest BCUT2D eigenvalue weighted by Crippen LogP contribution is -2.47. The second-order valence-electron chi connectivity index (χ2n) is 10.5. The first-order valence-electron chi connectivity index (χ1n) is 14.1. The number of hydrogen-bond donors (Lipinski definition) is 0. The average Bonchev–Trinajstić information content (AvgIpc) is 3.37. The molecule has 0 unspecified atom stereocenters. The van der Waals surface area contributed by atoms with Crippen LogP contribution >= 0.6 is 0 Å². The fourth-order valence-electron chi connectivity index (χ4n) is 5.70. The van der Waals surface area contributed by atoms with Crippen LogP contribution in [-0.2, 0) is 9.59 Å². The Kier molecular flexibility index (Phi) is 8.06. The van der Waals surface area contributed by atoms with E-state index in [9.17, 15) is 18.4 Å². The van der Waals surface area contributed by atoms with E-state index in [1.165, 1.54) is 36.2 Å². The van der Waals surface area contributed by atoms with E-state index in [4.69, 9.17) is 14.3 Å².